The zero-order chi connectivity index (χ0) is 21.5. The summed E-state index contributed by atoms with van der Waals surface area (Å²) < 4.78 is 10.3. The van der Waals surface area contributed by atoms with Gasteiger partial charge in [-0.3, -0.25) is 19.7 Å². The maximum absolute atomic E-state index is 11.8. The Morgan fingerprint density at radius 3 is 2.17 bits per heavy atom. The highest BCUT2D eigenvalue weighted by atomic mass is 16.6. The van der Waals surface area contributed by atoms with Crippen molar-refractivity contribution in [2.45, 2.75) is 84.7 Å². The van der Waals surface area contributed by atoms with Crippen molar-refractivity contribution in [2.75, 3.05) is 6.61 Å². The zero-order valence-electron chi connectivity index (χ0n) is 17.6. The fourth-order valence-electron chi connectivity index (χ4n) is 2.94. The van der Waals surface area contributed by atoms with E-state index in [1.54, 1.807) is 19.1 Å². The van der Waals surface area contributed by atoms with Gasteiger partial charge in [0.1, 0.15) is 6.61 Å². The van der Waals surface area contributed by atoms with E-state index in [0.29, 0.717) is 24.2 Å². The van der Waals surface area contributed by atoms with Crippen molar-refractivity contribution >= 4 is 17.6 Å². The molecule has 0 N–H and O–H groups in total. The first-order valence-corrected chi connectivity index (χ1v) is 10.5. The molecule has 0 spiro atoms. The summed E-state index contributed by atoms with van der Waals surface area (Å²) in [6.45, 7) is 4.33. The average Bonchev–Trinajstić information content (AvgIpc) is 2.68. The maximum Gasteiger partial charge on any atom is 0.306 e. The third kappa shape index (κ3) is 11.2. The molecule has 0 radical (unpaired) electrons. The molecule has 0 saturated heterocycles. The van der Waals surface area contributed by atoms with Crippen LogP contribution in [0.1, 0.15) is 82.3 Å². The minimum Gasteiger partial charge on any atom is -0.466 e. The van der Waals surface area contributed by atoms with Crippen LogP contribution in [0.4, 0.5) is 5.69 Å². The number of rotatable bonds is 15. The Hall–Kier alpha value is -2.44. The van der Waals surface area contributed by atoms with Crippen molar-refractivity contribution in [3.63, 3.8) is 0 Å². The standard InChI is InChI=1S/C22H33NO6/c1-3-4-5-6-7-8-9-15-28-21(24)11-10-12-22(25)29-17-19-13-14-20(23(26)27)18(2)16-19/h13-14,16H,3-12,15,17H2,1-2H3. The van der Waals surface area contributed by atoms with E-state index in [-0.39, 0.29) is 31.1 Å². The number of nitro groups is 1. The molecular formula is C22H33NO6. The van der Waals surface area contributed by atoms with Crippen molar-refractivity contribution in [1.29, 1.82) is 0 Å². The second kappa shape index (κ2) is 14.5. The maximum atomic E-state index is 11.8. The number of carbonyl (C=O) groups excluding carboxylic acids is 2. The van der Waals surface area contributed by atoms with Crippen LogP contribution in [0.15, 0.2) is 18.2 Å². The van der Waals surface area contributed by atoms with Crippen LogP contribution in [0.2, 0.25) is 0 Å². The summed E-state index contributed by atoms with van der Waals surface area (Å²) in [5.41, 5.74) is 1.25. The van der Waals surface area contributed by atoms with E-state index in [9.17, 15) is 19.7 Å². The monoisotopic (exact) mass is 407 g/mol. The Bertz CT molecular complexity index is 659. The van der Waals surface area contributed by atoms with E-state index in [2.05, 4.69) is 6.92 Å². The zero-order valence-corrected chi connectivity index (χ0v) is 17.6. The summed E-state index contributed by atoms with van der Waals surface area (Å²) in [6, 6.07) is 4.60. The van der Waals surface area contributed by atoms with Crippen LogP contribution in [-0.4, -0.2) is 23.5 Å². The van der Waals surface area contributed by atoms with E-state index >= 15 is 0 Å². The van der Waals surface area contributed by atoms with Gasteiger partial charge in [-0.15, -0.1) is 0 Å². The Labute approximate surface area is 172 Å². The van der Waals surface area contributed by atoms with Gasteiger partial charge >= 0.3 is 11.9 Å². The minimum absolute atomic E-state index is 0.0371. The molecule has 0 amide bonds. The molecule has 0 aromatic heterocycles. The number of hydrogen-bond donors (Lipinski definition) is 0. The lowest BCUT2D eigenvalue weighted by atomic mass is 10.1. The summed E-state index contributed by atoms with van der Waals surface area (Å²) in [6.07, 6.45) is 8.89. The molecular weight excluding hydrogens is 374 g/mol. The Morgan fingerprint density at radius 1 is 0.931 bits per heavy atom. The highest BCUT2D eigenvalue weighted by Gasteiger charge is 2.12. The molecule has 0 aliphatic rings. The molecule has 0 fully saturated rings. The van der Waals surface area contributed by atoms with Crippen molar-refractivity contribution in [1.82, 2.24) is 0 Å². The van der Waals surface area contributed by atoms with Gasteiger partial charge in [-0.2, -0.15) is 0 Å². The lowest BCUT2D eigenvalue weighted by Crippen LogP contribution is -2.09. The topological polar surface area (TPSA) is 95.7 Å². The number of aryl methyl sites for hydroxylation is 1. The molecule has 0 bridgehead atoms. The van der Waals surface area contributed by atoms with E-state index in [4.69, 9.17) is 9.47 Å². The van der Waals surface area contributed by atoms with E-state index in [0.717, 1.165) is 12.8 Å². The first-order valence-electron chi connectivity index (χ1n) is 10.5. The molecule has 7 heteroatoms. The molecule has 29 heavy (non-hydrogen) atoms. The van der Waals surface area contributed by atoms with Crippen LogP contribution in [0, 0.1) is 17.0 Å². The number of nitro benzene ring substituents is 1. The van der Waals surface area contributed by atoms with Crippen LogP contribution in [0.25, 0.3) is 0 Å². The predicted molar refractivity (Wildman–Crippen MR) is 110 cm³/mol. The smallest absolute Gasteiger partial charge is 0.306 e. The molecule has 1 rings (SSSR count). The molecule has 7 nitrogen and oxygen atoms in total. The fourth-order valence-corrected chi connectivity index (χ4v) is 2.94. The predicted octanol–water partition coefficient (Wildman–Crippen LogP) is 5.41. The number of carbonyl (C=O) groups is 2. The van der Waals surface area contributed by atoms with Gasteiger partial charge in [0.05, 0.1) is 11.5 Å². The van der Waals surface area contributed by atoms with Gasteiger partial charge in [0.25, 0.3) is 5.69 Å². The third-order valence-corrected chi connectivity index (χ3v) is 4.63. The number of ether oxygens (including phenoxy) is 2. The number of hydrogen-bond acceptors (Lipinski definition) is 6. The van der Waals surface area contributed by atoms with Crippen LogP contribution in [0.3, 0.4) is 0 Å². The number of unbranched alkanes of at least 4 members (excludes halogenated alkanes) is 6. The third-order valence-electron chi connectivity index (χ3n) is 4.63. The Kier molecular flexibility index (Phi) is 12.3. The molecule has 0 saturated carbocycles. The van der Waals surface area contributed by atoms with Gasteiger partial charge in [0.2, 0.25) is 0 Å². The first kappa shape index (κ1) is 24.6. The molecule has 0 unspecified atom stereocenters. The van der Waals surface area contributed by atoms with E-state index < -0.39 is 10.9 Å². The average molecular weight is 408 g/mol. The Balaban J connectivity index is 2.09. The van der Waals surface area contributed by atoms with Crippen LogP contribution >= 0.6 is 0 Å². The quantitative estimate of drug-likeness (QED) is 0.167. The summed E-state index contributed by atoms with van der Waals surface area (Å²) in [5.74, 6) is -0.685. The lowest BCUT2D eigenvalue weighted by Gasteiger charge is -2.07. The molecule has 162 valence electrons. The summed E-state index contributed by atoms with van der Waals surface area (Å²) in [4.78, 5) is 33.8. The highest BCUT2D eigenvalue weighted by molar-refractivity contribution is 5.72. The number of esters is 2. The van der Waals surface area contributed by atoms with Crippen LogP contribution in [-0.2, 0) is 25.7 Å². The normalized spacial score (nSPS) is 10.6. The minimum atomic E-state index is -0.447. The van der Waals surface area contributed by atoms with E-state index in [1.165, 1.54) is 38.2 Å². The van der Waals surface area contributed by atoms with Crippen LogP contribution < -0.4 is 0 Å². The van der Waals surface area contributed by atoms with Gasteiger partial charge in [-0.25, -0.2) is 0 Å². The van der Waals surface area contributed by atoms with Gasteiger partial charge in [-0.1, -0.05) is 45.4 Å². The highest BCUT2D eigenvalue weighted by Crippen LogP contribution is 2.19. The summed E-state index contributed by atoms with van der Waals surface area (Å²) in [5, 5.41) is 10.8. The van der Waals surface area contributed by atoms with Gasteiger partial charge in [0.15, 0.2) is 0 Å². The SMILES string of the molecule is CCCCCCCCCOC(=O)CCCC(=O)OCc1ccc([N+](=O)[O-])c(C)c1. The molecule has 1 aromatic rings. The van der Waals surface area contributed by atoms with Gasteiger partial charge in [-0.05, 0) is 37.5 Å². The summed E-state index contributed by atoms with van der Waals surface area (Å²) >= 11 is 0. The van der Waals surface area contributed by atoms with Crippen molar-refractivity contribution in [2.24, 2.45) is 0 Å². The molecule has 0 aliphatic carbocycles. The van der Waals surface area contributed by atoms with Gasteiger partial charge < -0.3 is 9.47 Å². The van der Waals surface area contributed by atoms with Crippen LogP contribution in [0.5, 0.6) is 0 Å². The lowest BCUT2D eigenvalue weighted by molar-refractivity contribution is -0.385. The van der Waals surface area contributed by atoms with Gasteiger partial charge in [0, 0.05) is 24.5 Å². The first-order chi connectivity index (χ1) is 13.9. The molecule has 0 atom stereocenters. The largest absolute Gasteiger partial charge is 0.466 e. The Morgan fingerprint density at radius 2 is 1.55 bits per heavy atom. The molecule has 1 aromatic carbocycles. The number of benzene rings is 1. The van der Waals surface area contributed by atoms with Crippen molar-refractivity contribution in [3.05, 3.63) is 39.4 Å². The summed E-state index contributed by atoms with van der Waals surface area (Å²) in [7, 11) is 0. The molecule has 0 aliphatic heterocycles. The second-order valence-electron chi connectivity index (χ2n) is 7.23. The number of nitrogens with zero attached hydrogens (tertiary/aromatic N) is 1. The van der Waals surface area contributed by atoms with E-state index in [1.807, 2.05) is 0 Å². The van der Waals surface area contributed by atoms with Crippen molar-refractivity contribution in [3.8, 4) is 0 Å². The van der Waals surface area contributed by atoms with Crippen molar-refractivity contribution < 1.29 is 24.0 Å². The molecule has 0 heterocycles. The second-order valence-corrected chi connectivity index (χ2v) is 7.23. The fraction of sp³-hybridized carbons (Fsp3) is 0.636.